The van der Waals surface area contributed by atoms with Crippen molar-refractivity contribution in [1.29, 1.82) is 0 Å². The van der Waals surface area contributed by atoms with Gasteiger partial charge in [-0.2, -0.15) is 0 Å². The Morgan fingerprint density at radius 3 is 2.73 bits per heavy atom. The van der Waals surface area contributed by atoms with E-state index in [0.29, 0.717) is 6.61 Å². The van der Waals surface area contributed by atoms with Crippen molar-refractivity contribution in [2.75, 3.05) is 6.61 Å². The summed E-state index contributed by atoms with van der Waals surface area (Å²) >= 11 is 0. The molecule has 82 valence electrons. The lowest BCUT2D eigenvalue weighted by Gasteiger charge is -2.11. The van der Waals surface area contributed by atoms with Crippen molar-refractivity contribution in [3.05, 3.63) is 49.1 Å². The van der Waals surface area contributed by atoms with E-state index < -0.39 is 6.10 Å². The fourth-order valence-electron chi connectivity index (χ4n) is 1.51. The molecule has 0 spiro atoms. The average molecular weight is 206 g/mol. The lowest BCUT2D eigenvalue weighted by atomic mass is 10.0. The summed E-state index contributed by atoms with van der Waals surface area (Å²) in [5.41, 5.74) is 0. The maximum Gasteiger partial charge on any atom is 0.102 e. The van der Waals surface area contributed by atoms with Crippen LogP contribution in [0.4, 0.5) is 0 Å². The van der Waals surface area contributed by atoms with Crippen LogP contribution in [0.1, 0.15) is 6.92 Å². The molecule has 0 radical (unpaired) electrons. The molecule has 1 saturated heterocycles. The Bertz CT molecular complexity index is 276. The van der Waals surface area contributed by atoms with Crippen LogP contribution < -0.4 is 0 Å². The van der Waals surface area contributed by atoms with Gasteiger partial charge in [0.15, 0.2) is 0 Å². The summed E-state index contributed by atoms with van der Waals surface area (Å²) in [6.07, 6.45) is 12.5. The number of rotatable bonds is 4. The summed E-state index contributed by atoms with van der Waals surface area (Å²) in [6.45, 7) is 6.11. The molecule has 2 nitrogen and oxygen atoms in total. The third-order valence-electron chi connectivity index (χ3n) is 2.36. The van der Waals surface area contributed by atoms with Gasteiger partial charge in [0, 0.05) is 5.92 Å². The standard InChI is InChI=1S/C13H18O2/c1-3-5-7-8-11-10-15-12(13(11)14)9-6-4-2/h3-9,11-14H,2,10H2,1H3/b5-3+,8-7+,9-6+/t11-,12-,13+/m0/s1. The lowest BCUT2D eigenvalue weighted by Crippen LogP contribution is -2.23. The third kappa shape index (κ3) is 3.50. The average Bonchev–Trinajstić information content (AvgIpc) is 2.58. The molecule has 3 atom stereocenters. The molecule has 0 aromatic heterocycles. The van der Waals surface area contributed by atoms with Crippen LogP contribution in [0.2, 0.25) is 0 Å². The fraction of sp³-hybridized carbons (Fsp3) is 0.385. The fourth-order valence-corrected chi connectivity index (χ4v) is 1.51. The second-order valence-electron chi connectivity index (χ2n) is 3.48. The van der Waals surface area contributed by atoms with E-state index in [4.69, 9.17) is 4.74 Å². The van der Waals surface area contributed by atoms with Gasteiger partial charge in [0.25, 0.3) is 0 Å². The number of ether oxygens (including phenoxy) is 1. The van der Waals surface area contributed by atoms with Crippen LogP contribution in [-0.4, -0.2) is 23.9 Å². The Hall–Kier alpha value is -1.12. The van der Waals surface area contributed by atoms with Gasteiger partial charge in [-0.15, -0.1) is 0 Å². The molecule has 0 aromatic rings. The predicted molar refractivity (Wildman–Crippen MR) is 62.5 cm³/mol. The maximum atomic E-state index is 9.89. The molecule has 0 amide bonds. The molecule has 0 aliphatic carbocycles. The topological polar surface area (TPSA) is 29.5 Å². The van der Waals surface area contributed by atoms with Crippen molar-refractivity contribution in [2.45, 2.75) is 19.1 Å². The highest BCUT2D eigenvalue weighted by molar-refractivity contribution is 5.11. The first-order chi connectivity index (χ1) is 7.29. The van der Waals surface area contributed by atoms with Gasteiger partial charge in [0.2, 0.25) is 0 Å². The molecule has 1 fully saturated rings. The molecule has 2 heteroatoms. The SMILES string of the molecule is C=C/C=C/[C@@H]1OC[C@H](/C=C/C=C/C)[C@H]1O. The third-order valence-corrected chi connectivity index (χ3v) is 2.36. The molecule has 0 aromatic carbocycles. The van der Waals surface area contributed by atoms with Crippen LogP contribution in [0.5, 0.6) is 0 Å². The molecular weight excluding hydrogens is 188 g/mol. The van der Waals surface area contributed by atoms with E-state index in [1.165, 1.54) is 0 Å². The van der Waals surface area contributed by atoms with Crippen LogP contribution in [0.3, 0.4) is 0 Å². The van der Waals surface area contributed by atoms with Gasteiger partial charge >= 0.3 is 0 Å². The normalized spacial score (nSPS) is 32.3. The van der Waals surface area contributed by atoms with E-state index in [1.807, 2.05) is 37.3 Å². The van der Waals surface area contributed by atoms with E-state index in [-0.39, 0.29) is 12.0 Å². The number of aliphatic hydroxyl groups is 1. The first-order valence-corrected chi connectivity index (χ1v) is 5.18. The Kier molecular flexibility index (Phi) is 5.08. The first-order valence-electron chi connectivity index (χ1n) is 5.18. The van der Waals surface area contributed by atoms with E-state index in [2.05, 4.69) is 6.58 Å². The van der Waals surface area contributed by atoms with Crippen LogP contribution >= 0.6 is 0 Å². The molecule has 1 aliphatic heterocycles. The number of allylic oxidation sites excluding steroid dienone is 5. The minimum atomic E-state index is -0.456. The van der Waals surface area contributed by atoms with Crippen molar-refractivity contribution < 1.29 is 9.84 Å². The Balaban J connectivity index is 2.51. The van der Waals surface area contributed by atoms with Crippen molar-refractivity contribution in [3.8, 4) is 0 Å². The minimum Gasteiger partial charge on any atom is -0.389 e. The smallest absolute Gasteiger partial charge is 0.102 e. The monoisotopic (exact) mass is 206 g/mol. The Morgan fingerprint density at radius 1 is 1.27 bits per heavy atom. The lowest BCUT2D eigenvalue weighted by molar-refractivity contribution is 0.0724. The van der Waals surface area contributed by atoms with Crippen LogP contribution in [0.25, 0.3) is 0 Å². The number of hydrogen-bond donors (Lipinski definition) is 1. The molecular formula is C13H18O2. The van der Waals surface area contributed by atoms with E-state index in [9.17, 15) is 5.11 Å². The van der Waals surface area contributed by atoms with Crippen molar-refractivity contribution >= 4 is 0 Å². The summed E-state index contributed by atoms with van der Waals surface area (Å²) < 4.78 is 5.45. The second-order valence-corrected chi connectivity index (χ2v) is 3.48. The zero-order chi connectivity index (χ0) is 11.1. The molecule has 0 saturated carbocycles. The Labute approximate surface area is 91.3 Å². The summed E-state index contributed by atoms with van der Waals surface area (Å²) in [6, 6.07) is 0. The molecule has 1 aliphatic rings. The zero-order valence-electron chi connectivity index (χ0n) is 9.04. The maximum absolute atomic E-state index is 9.89. The van der Waals surface area contributed by atoms with Crippen LogP contribution in [-0.2, 0) is 4.74 Å². The summed E-state index contributed by atoms with van der Waals surface area (Å²) in [7, 11) is 0. The molecule has 0 bridgehead atoms. The van der Waals surface area contributed by atoms with E-state index in [0.717, 1.165) is 0 Å². The van der Waals surface area contributed by atoms with Crippen molar-refractivity contribution in [2.24, 2.45) is 5.92 Å². The van der Waals surface area contributed by atoms with E-state index >= 15 is 0 Å². The van der Waals surface area contributed by atoms with Crippen LogP contribution in [0.15, 0.2) is 49.1 Å². The van der Waals surface area contributed by atoms with Gasteiger partial charge in [-0.3, -0.25) is 0 Å². The summed E-state index contributed by atoms with van der Waals surface area (Å²) in [5.74, 6) is 0.0839. The highest BCUT2D eigenvalue weighted by atomic mass is 16.5. The molecule has 1 heterocycles. The molecule has 1 rings (SSSR count). The van der Waals surface area contributed by atoms with Gasteiger partial charge in [0.1, 0.15) is 6.10 Å². The molecule has 1 N–H and O–H groups in total. The number of hydrogen-bond acceptors (Lipinski definition) is 2. The highest BCUT2D eigenvalue weighted by Gasteiger charge is 2.32. The minimum absolute atomic E-state index is 0.0839. The second kappa shape index (κ2) is 6.38. The van der Waals surface area contributed by atoms with Gasteiger partial charge in [-0.25, -0.2) is 0 Å². The van der Waals surface area contributed by atoms with Gasteiger partial charge in [-0.1, -0.05) is 49.1 Å². The summed E-state index contributed by atoms with van der Waals surface area (Å²) in [5, 5.41) is 9.89. The molecule has 0 unspecified atom stereocenters. The van der Waals surface area contributed by atoms with Crippen molar-refractivity contribution in [1.82, 2.24) is 0 Å². The predicted octanol–water partition coefficient (Wildman–Crippen LogP) is 2.24. The zero-order valence-corrected chi connectivity index (χ0v) is 9.04. The van der Waals surface area contributed by atoms with Crippen LogP contribution in [0, 0.1) is 5.92 Å². The first kappa shape index (κ1) is 12.0. The van der Waals surface area contributed by atoms with Gasteiger partial charge < -0.3 is 9.84 Å². The van der Waals surface area contributed by atoms with Gasteiger partial charge in [0.05, 0.1) is 12.7 Å². The van der Waals surface area contributed by atoms with Crippen molar-refractivity contribution in [3.63, 3.8) is 0 Å². The molecule has 15 heavy (non-hydrogen) atoms. The van der Waals surface area contributed by atoms with Gasteiger partial charge in [-0.05, 0) is 6.92 Å². The van der Waals surface area contributed by atoms with E-state index in [1.54, 1.807) is 12.2 Å². The Morgan fingerprint density at radius 2 is 2.07 bits per heavy atom. The largest absolute Gasteiger partial charge is 0.389 e. The number of aliphatic hydroxyl groups excluding tert-OH is 1. The highest BCUT2D eigenvalue weighted by Crippen LogP contribution is 2.22. The summed E-state index contributed by atoms with van der Waals surface area (Å²) in [4.78, 5) is 0. The quantitative estimate of drug-likeness (QED) is 0.715.